The van der Waals surface area contributed by atoms with E-state index in [-0.39, 0.29) is 0 Å². The van der Waals surface area contributed by atoms with Crippen LogP contribution < -0.4 is 0 Å². The number of halogens is 1. The Morgan fingerprint density at radius 3 is 1.78 bits per heavy atom. The van der Waals surface area contributed by atoms with E-state index in [1.807, 2.05) is 11.3 Å². The Kier molecular flexibility index (Phi) is 5.05. The fraction of sp³-hybridized carbons (Fsp3) is 0. The third-order valence-electron chi connectivity index (χ3n) is 5.98. The zero-order chi connectivity index (χ0) is 21.5. The molecule has 0 fully saturated rings. The van der Waals surface area contributed by atoms with E-state index in [0.29, 0.717) is 0 Å². The summed E-state index contributed by atoms with van der Waals surface area (Å²) in [5, 5.41) is 2.70. The first-order valence-corrected chi connectivity index (χ1v) is 12.5. The summed E-state index contributed by atoms with van der Waals surface area (Å²) in [4.78, 5) is 0. The predicted molar refractivity (Wildman–Crippen MR) is 148 cm³/mol. The topological polar surface area (TPSA) is 0 Å². The third-order valence-corrected chi connectivity index (χ3v) is 8.53. The predicted octanol–water partition coefficient (Wildman–Crippen LogP) is 9.66. The number of hydrogen-bond donors (Lipinski definition) is 0. The Hall–Kier alpha value is -2.95. The van der Waals surface area contributed by atoms with Crippen molar-refractivity contribution in [1.29, 1.82) is 0 Å². The standard InChI is InChI=1S/C30H19IS/c31-28-14-6-13-27-26-12-5-11-25(29(26)32-30(27)28)24-10-4-9-23(19-24)22-17-15-21(16-18-22)20-7-2-1-3-8-20/h1-19H. The summed E-state index contributed by atoms with van der Waals surface area (Å²) in [6.45, 7) is 0. The minimum atomic E-state index is 1.24. The van der Waals surface area contributed by atoms with Gasteiger partial charge in [-0.2, -0.15) is 0 Å². The smallest absolute Gasteiger partial charge is 0.0489 e. The highest BCUT2D eigenvalue weighted by molar-refractivity contribution is 14.1. The molecule has 1 heterocycles. The Morgan fingerprint density at radius 1 is 0.438 bits per heavy atom. The quantitative estimate of drug-likeness (QED) is 0.197. The lowest BCUT2D eigenvalue weighted by molar-refractivity contribution is 1.58. The van der Waals surface area contributed by atoms with Crippen molar-refractivity contribution in [2.45, 2.75) is 0 Å². The number of fused-ring (bicyclic) bond motifs is 3. The molecular formula is C30H19IS. The molecule has 32 heavy (non-hydrogen) atoms. The Labute approximate surface area is 205 Å². The molecule has 0 spiro atoms. The van der Waals surface area contributed by atoms with Gasteiger partial charge < -0.3 is 0 Å². The van der Waals surface area contributed by atoms with Gasteiger partial charge in [0.05, 0.1) is 0 Å². The summed E-state index contributed by atoms with van der Waals surface area (Å²) >= 11 is 4.35. The van der Waals surface area contributed by atoms with Crippen LogP contribution in [0, 0.1) is 3.57 Å². The maximum Gasteiger partial charge on any atom is 0.0489 e. The highest BCUT2D eigenvalue weighted by Crippen LogP contribution is 2.42. The molecule has 5 aromatic carbocycles. The van der Waals surface area contributed by atoms with Crippen molar-refractivity contribution in [3.05, 3.63) is 119 Å². The molecule has 0 radical (unpaired) electrons. The molecule has 0 N–H and O–H groups in total. The third kappa shape index (κ3) is 3.44. The number of hydrogen-bond acceptors (Lipinski definition) is 1. The summed E-state index contributed by atoms with van der Waals surface area (Å²) in [6, 6.07) is 41.6. The van der Waals surface area contributed by atoms with Crippen molar-refractivity contribution in [3.8, 4) is 33.4 Å². The minimum Gasteiger partial charge on any atom is -0.133 e. The molecule has 0 unspecified atom stereocenters. The molecule has 0 saturated carbocycles. The maximum absolute atomic E-state index is 2.45. The molecule has 6 rings (SSSR count). The van der Waals surface area contributed by atoms with Gasteiger partial charge in [0, 0.05) is 23.7 Å². The molecule has 0 aliphatic rings. The van der Waals surface area contributed by atoms with E-state index in [1.165, 1.54) is 57.1 Å². The van der Waals surface area contributed by atoms with Crippen molar-refractivity contribution >= 4 is 54.1 Å². The van der Waals surface area contributed by atoms with E-state index in [2.05, 4.69) is 138 Å². The van der Waals surface area contributed by atoms with Gasteiger partial charge in [0.2, 0.25) is 0 Å². The lowest BCUT2D eigenvalue weighted by atomic mass is 9.96. The van der Waals surface area contributed by atoms with Crippen LogP contribution in [0.25, 0.3) is 53.6 Å². The second-order valence-corrected chi connectivity index (χ2v) is 10.1. The summed E-state index contributed by atoms with van der Waals surface area (Å²) in [7, 11) is 0. The summed E-state index contributed by atoms with van der Waals surface area (Å²) in [5.74, 6) is 0. The molecule has 0 saturated heterocycles. The van der Waals surface area contributed by atoms with E-state index < -0.39 is 0 Å². The lowest BCUT2D eigenvalue weighted by Gasteiger charge is -2.08. The van der Waals surface area contributed by atoms with E-state index in [0.717, 1.165) is 0 Å². The lowest BCUT2D eigenvalue weighted by Crippen LogP contribution is -1.83. The first-order valence-electron chi connectivity index (χ1n) is 10.6. The molecule has 152 valence electrons. The van der Waals surface area contributed by atoms with Crippen LogP contribution in [-0.4, -0.2) is 0 Å². The molecule has 0 atom stereocenters. The van der Waals surface area contributed by atoms with Crippen LogP contribution in [0.2, 0.25) is 0 Å². The average Bonchev–Trinajstić information content (AvgIpc) is 3.25. The molecule has 0 aliphatic heterocycles. The largest absolute Gasteiger partial charge is 0.133 e. The molecule has 0 nitrogen and oxygen atoms in total. The Bertz CT molecular complexity index is 1560. The highest BCUT2D eigenvalue weighted by atomic mass is 127. The van der Waals surface area contributed by atoms with Crippen LogP contribution in [0.1, 0.15) is 0 Å². The molecule has 1 aromatic heterocycles. The second-order valence-electron chi connectivity index (χ2n) is 7.93. The Balaban J connectivity index is 1.44. The molecular weight excluding hydrogens is 519 g/mol. The van der Waals surface area contributed by atoms with Crippen molar-refractivity contribution in [2.75, 3.05) is 0 Å². The number of thiophene rings is 1. The van der Waals surface area contributed by atoms with Crippen molar-refractivity contribution in [1.82, 2.24) is 0 Å². The van der Waals surface area contributed by atoms with Gasteiger partial charge in [0.15, 0.2) is 0 Å². The van der Waals surface area contributed by atoms with Gasteiger partial charge in [-0.25, -0.2) is 0 Å². The van der Waals surface area contributed by atoms with Crippen LogP contribution in [0.3, 0.4) is 0 Å². The number of benzene rings is 5. The van der Waals surface area contributed by atoms with Gasteiger partial charge in [-0.15, -0.1) is 11.3 Å². The summed E-state index contributed by atoms with van der Waals surface area (Å²) < 4.78 is 4.06. The van der Waals surface area contributed by atoms with Crippen LogP contribution in [0.5, 0.6) is 0 Å². The van der Waals surface area contributed by atoms with Gasteiger partial charge in [-0.1, -0.05) is 103 Å². The molecule has 6 aromatic rings. The van der Waals surface area contributed by atoms with Crippen LogP contribution >= 0.6 is 33.9 Å². The first kappa shape index (κ1) is 19.7. The average molecular weight is 538 g/mol. The van der Waals surface area contributed by atoms with E-state index in [9.17, 15) is 0 Å². The van der Waals surface area contributed by atoms with Crippen LogP contribution in [-0.2, 0) is 0 Å². The highest BCUT2D eigenvalue weighted by Gasteiger charge is 2.12. The monoisotopic (exact) mass is 538 g/mol. The van der Waals surface area contributed by atoms with Crippen molar-refractivity contribution < 1.29 is 0 Å². The molecule has 0 bridgehead atoms. The SMILES string of the molecule is Ic1cccc2c1sc1c(-c3cccc(-c4ccc(-c5ccccc5)cc4)c3)cccc12. The van der Waals surface area contributed by atoms with Gasteiger partial charge in [-0.3, -0.25) is 0 Å². The van der Waals surface area contributed by atoms with E-state index in [4.69, 9.17) is 0 Å². The normalized spacial score (nSPS) is 11.3. The summed E-state index contributed by atoms with van der Waals surface area (Å²) in [5.41, 5.74) is 7.55. The number of rotatable bonds is 3. The van der Waals surface area contributed by atoms with Gasteiger partial charge in [0.1, 0.15) is 0 Å². The maximum atomic E-state index is 2.45. The zero-order valence-electron chi connectivity index (χ0n) is 17.3. The van der Waals surface area contributed by atoms with Crippen molar-refractivity contribution in [3.63, 3.8) is 0 Å². The molecule has 0 aliphatic carbocycles. The first-order chi connectivity index (χ1) is 15.8. The van der Waals surface area contributed by atoms with E-state index in [1.54, 1.807) is 0 Å². The Morgan fingerprint density at radius 2 is 1.00 bits per heavy atom. The molecule has 2 heteroatoms. The fourth-order valence-corrected chi connectivity index (χ4v) is 6.44. The minimum absolute atomic E-state index is 1.24. The van der Waals surface area contributed by atoms with Gasteiger partial charge >= 0.3 is 0 Å². The zero-order valence-corrected chi connectivity index (χ0v) is 20.2. The van der Waals surface area contributed by atoms with Crippen LogP contribution in [0.4, 0.5) is 0 Å². The fourth-order valence-electron chi connectivity index (χ4n) is 4.37. The van der Waals surface area contributed by atoms with Gasteiger partial charge in [-0.05, 0) is 68.1 Å². The van der Waals surface area contributed by atoms with E-state index >= 15 is 0 Å². The van der Waals surface area contributed by atoms with Crippen molar-refractivity contribution in [2.24, 2.45) is 0 Å². The second kappa shape index (κ2) is 8.19. The van der Waals surface area contributed by atoms with Crippen LogP contribution in [0.15, 0.2) is 115 Å². The van der Waals surface area contributed by atoms with Gasteiger partial charge in [0.25, 0.3) is 0 Å². The summed E-state index contributed by atoms with van der Waals surface area (Å²) in [6.07, 6.45) is 0. The molecule has 0 amide bonds.